The number of nitrogens with zero attached hydrogens (tertiary/aromatic N) is 4. The molecule has 2 aliphatic heterocycles. The molecule has 2 atom stereocenters. The molecule has 2 aromatic carbocycles. The second-order valence-corrected chi connectivity index (χ2v) is 11.0. The first-order valence-corrected chi connectivity index (χ1v) is 12.8. The van der Waals surface area contributed by atoms with E-state index in [4.69, 9.17) is 16.3 Å². The van der Waals surface area contributed by atoms with E-state index in [1.165, 1.54) is 24.4 Å². The number of rotatable bonds is 4. The fraction of sp³-hybridized carbons (Fsp3) is 0.310. The number of benzene rings is 2. The minimum Gasteiger partial charge on any atom is -0.434 e. The fourth-order valence-corrected chi connectivity index (χ4v) is 6.58. The summed E-state index contributed by atoms with van der Waals surface area (Å²) in [7, 11) is 0. The Bertz CT molecular complexity index is 1770. The maximum Gasteiger partial charge on any atom is 0.387 e. The van der Waals surface area contributed by atoms with Crippen LogP contribution in [0.1, 0.15) is 65.7 Å². The maximum absolute atomic E-state index is 15.2. The van der Waals surface area contributed by atoms with Gasteiger partial charge in [0.2, 0.25) is 5.54 Å². The number of carbonyl (C=O) groups is 1. The molecule has 4 heterocycles. The molecule has 7 rings (SSSR count). The number of alkyl halides is 2. The molecule has 11 heteroatoms. The van der Waals surface area contributed by atoms with Crippen LogP contribution in [0.3, 0.4) is 0 Å². The summed E-state index contributed by atoms with van der Waals surface area (Å²) in [6.45, 7) is 5.95. The molecule has 40 heavy (non-hydrogen) atoms. The van der Waals surface area contributed by atoms with Gasteiger partial charge in [0.1, 0.15) is 28.7 Å². The standard InChI is InChI=1S/C29H22F3N5O3/c1-28(33-2)12-29(39,13-28)24-17(30)8-15(11-34-24)14-6-7-18-20(9-14)37-21-10-19(25(37)35-18)36-26(38)16-4-3-5-22(23(16)21)40-27(31)32/h3-9,11,19,21,27,39H,10,12-13H2,1H3,(H,36,38)/t19-,21-,28?,29?/m1/s1. The topological polar surface area (TPSA) is 93.6 Å². The molecule has 0 saturated heterocycles. The summed E-state index contributed by atoms with van der Waals surface area (Å²) >= 11 is 0. The number of hydrogen-bond donors (Lipinski definition) is 2. The predicted octanol–water partition coefficient (Wildman–Crippen LogP) is 5.28. The molecule has 2 N–H and O–H groups in total. The highest BCUT2D eigenvalue weighted by atomic mass is 19.3. The first-order chi connectivity index (χ1) is 19.1. The first-order valence-electron chi connectivity index (χ1n) is 12.8. The van der Waals surface area contributed by atoms with Crippen molar-refractivity contribution in [2.24, 2.45) is 0 Å². The zero-order valence-electron chi connectivity index (χ0n) is 21.2. The highest BCUT2D eigenvalue weighted by Crippen LogP contribution is 2.51. The van der Waals surface area contributed by atoms with Crippen LogP contribution in [0.2, 0.25) is 0 Å². The number of nitrogens with one attached hydrogen (secondary N) is 1. The second kappa shape index (κ2) is 8.29. The number of carbonyl (C=O) groups excluding carboxylic acids is 1. The van der Waals surface area contributed by atoms with Crippen molar-refractivity contribution in [1.29, 1.82) is 0 Å². The predicted molar refractivity (Wildman–Crippen MR) is 137 cm³/mol. The molecule has 8 nitrogen and oxygen atoms in total. The van der Waals surface area contributed by atoms with Crippen LogP contribution in [0.25, 0.3) is 27.0 Å². The van der Waals surface area contributed by atoms with Gasteiger partial charge in [-0.1, -0.05) is 12.1 Å². The van der Waals surface area contributed by atoms with E-state index in [-0.39, 0.29) is 35.8 Å². The third-order valence-corrected chi connectivity index (χ3v) is 8.20. The lowest BCUT2D eigenvalue weighted by Crippen LogP contribution is -2.51. The average Bonchev–Trinajstić information content (AvgIpc) is 3.39. The van der Waals surface area contributed by atoms with Crippen molar-refractivity contribution in [2.45, 2.75) is 56.0 Å². The van der Waals surface area contributed by atoms with Gasteiger partial charge in [0.15, 0.2) is 0 Å². The zero-order valence-corrected chi connectivity index (χ0v) is 21.2. The Balaban J connectivity index is 1.31. The fourth-order valence-electron chi connectivity index (χ4n) is 6.58. The van der Waals surface area contributed by atoms with Crippen LogP contribution in [0.5, 0.6) is 5.75 Å². The van der Waals surface area contributed by atoms with E-state index in [0.717, 1.165) is 0 Å². The number of pyridine rings is 1. The molecule has 2 bridgehead atoms. The van der Waals surface area contributed by atoms with Gasteiger partial charge in [0.05, 0.1) is 36.0 Å². The molecular weight excluding hydrogens is 523 g/mol. The van der Waals surface area contributed by atoms with Crippen molar-refractivity contribution in [2.75, 3.05) is 0 Å². The molecule has 0 radical (unpaired) electrons. The van der Waals surface area contributed by atoms with Gasteiger partial charge in [0.25, 0.3) is 5.91 Å². The number of amides is 1. The normalized spacial score (nSPS) is 26.5. The van der Waals surface area contributed by atoms with Crippen LogP contribution in [0.4, 0.5) is 13.2 Å². The van der Waals surface area contributed by atoms with Gasteiger partial charge in [0, 0.05) is 29.8 Å². The summed E-state index contributed by atoms with van der Waals surface area (Å²) in [5.41, 5.74) is 0.766. The average molecular weight is 546 g/mol. The molecule has 1 fully saturated rings. The summed E-state index contributed by atoms with van der Waals surface area (Å²) in [5, 5.41) is 13.8. The Morgan fingerprint density at radius 1 is 1.23 bits per heavy atom. The Hall–Kier alpha value is -4.43. The zero-order chi connectivity index (χ0) is 28.0. The molecule has 2 aromatic heterocycles. The Morgan fingerprint density at radius 3 is 2.75 bits per heavy atom. The summed E-state index contributed by atoms with van der Waals surface area (Å²) < 4.78 is 48.5. The van der Waals surface area contributed by atoms with Crippen molar-refractivity contribution in [3.8, 4) is 16.9 Å². The Labute approximate surface area is 226 Å². The van der Waals surface area contributed by atoms with Crippen molar-refractivity contribution < 1.29 is 27.8 Å². The van der Waals surface area contributed by atoms with Gasteiger partial charge < -0.3 is 24.6 Å². The molecule has 1 amide bonds. The third-order valence-electron chi connectivity index (χ3n) is 8.20. The largest absolute Gasteiger partial charge is 0.434 e. The minimum absolute atomic E-state index is 0.0655. The summed E-state index contributed by atoms with van der Waals surface area (Å²) in [6, 6.07) is 10.3. The van der Waals surface area contributed by atoms with Crippen LogP contribution in [0, 0.1) is 12.4 Å². The van der Waals surface area contributed by atoms with E-state index < -0.39 is 35.7 Å². The lowest BCUT2D eigenvalue weighted by atomic mass is 9.64. The second-order valence-electron chi connectivity index (χ2n) is 11.0. The molecule has 1 aliphatic carbocycles. The smallest absolute Gasteiger partial charge is 0.387 e. The monoisotopic (exact) mass is 545 g/mol. The Kier molecular flexibility index (Phi) is 5.10. The SMILES string of the molecule is [C-]#[N+]C1(C)CC(O)(c2ncc(-c3ccc4nc5n(c4c3)[C@@H]3C[C@H]5NC(=O)c4cccc(OC(F)F)c43)cc2F)C1. The van der Waals surface area contributed by atoms with Gasteiger partial charge in [-0.2, -0.15) is 8.78 Å². The van der Waals surface area contributed by atoms with Gasteiger partial charge in [-0.05, 0) is 42.3 Å². The van der Waals surface area contributed by atoms with Crippen molar-refractivity contribution in [3.05, 3.63) is 88.5 Å². The minimum atomic E-state index is -3.06. The quantitative estimate of drug-likeness (QED) is 0.341. The highest BCUT2D eigenvalue weighted by molar-refractivity contribution is 5.98. The molecular formula is C29H22F3N5O3. The van der Waals surface area contributed by atoms with Crippen LogP contribution in [-0.2, 0) is 5.60 Å². The number of imidazole rings is 1. The number of aliphatic hydroxyl groups is 1. The maximum atomic E-state index is 15.2. The van der Waals surface area contributed by atoms with Crippen LogP contribution >= 0.6 is 0 Å². The lowest BCUT2D eigenvalue weighted by molar-refractivity contribution is -0.0799. The van der Waals surface area contributed by atoms with Crippen molar-refractivity contribution in [3.63, 3.8) is 0 Å². The van der Waals surface area contributed by atoms with Crippen molar-refractivity contribution >= 4 is 16.9 Å². The molecule has 0 unspecified atom stereocenters. The van der Waals surface area contributed by atoms with E-state index in [9.17, 15) is 18.7 Å². The summed E-state index contributed by atoms with van der Waals surface area (Å²) in [5.74, 6) is -0.516. The number of fused-ring (bicyclic) bond motifs is 9. The van der Waals surface area contributed by atoms with E-state index >= 15 is 4.39 Å². The van der Waals surface area contributed by atoms with Crippen molar-refractivity contribution in [1.82, 2.24) is 19.9 Å². The van der Waals surface area contributed by atoms with Gasteiger partial charge in [-0.3, -0.25) is 9.78 Å². The summed E-state index contributed by atoms with van der Waals surface area (Å²) in [6.07, 6.45) is 2.12. The molecule has 202 valence electrons. The van der Waals surface area contributed by atoms with E-state index in [1.807, 2.05) is 10.6 Å². The third kappa shape index (κ3) is 3.52. The molecule has 3 aliphatic rings. The molecule has 0 spiro atoms. The number of aromatic nitrogens is 3. The van der Waals surface area contributed by atoms with Gasteiger partial charge in [-0.15, -0.1) is 0 Å². The van der Waals surface area contributed by atoms with E-state index in [2.05, 4.69) is 15.1 Å². The Morgan fingerprint density at radius 2 is 2.02 bits per heavy atom. The van der Waals surface area contributed by atoms with Crippen LogP contribution in [0.15, 0.2) is 48.7 Å². The summed E-state index contributed by atoms with van der Waals surface area (Å²) in [4.78, 5) is 25.4. The van der Waals surface area contributed by atoms with Gasteiger partial charge in [-0.25, -0.2) is 15.9 Å². The molecule has 1 saturated carbocycles. The van der Waals surface area contributed by atoms with E-state index in [1.54, 1.807) is 25.1 Å². The molecule has 4 aromatic rings. The number of hydrogen-bond acceptors (Lipinski definition) is 5. The number of ether oxygens (including phenoxy) is 1. The number of halogens is 3. The van der Waals surface area contributed by atoms with Gasteiger partial charge >= 0.3 is 6.61 Å². The lowest BCUT2D eigenvalue weighted by Gasteiger charge is -2.42. The van der Waals surface area contributed by atoms with Crippen LogP contribution in [-0.4, -0.2) is 37.7 Å². The van der Waals surface area contributed by atoms with Crippen LogP contribution < -0.4 is 10.1 Å². The van der Waals surface area contributed by atoms with E-state index in [0.29, 0.717) is 40.0 Å². The first kappa shape index (κ1) is 24.6. The highest BCUT2D eigenvalue weighted by Gasteiger charge is 2.59.